The molecule has 0 aliphatic rings. The number of nitrogens with zero attached hydrogens (tertiary/aromatic N) is 2. The molecule has 3 N–H and O–H groups in total. The van der Waals surface area contributed by atoms with Crippen LogP contribution >= 0.6 is 0 Å². The normalized spacial score (nSPS) is 11.6. The zero-order chi connectivity index (χ0) is 18.1. The number of hydrogen-bond donors (Lipinski definition) is 3. The van der Waals surface area contributed by atoms with Gasteiger partial charge in [0.2, 0.25) is 0 Å². The molecule has 0 saturated heterocycles. The first-order valence-electron chi connectivity index (χ1n) is 8.36. The van der Waals surface area contributed by atoms with Crippen LogP contribution in [0.5, 0.6) is 11.5 Å². The van der Waals surface area contributed by atoms with Crippen molar-refractivity contribution in [2.24, 2.45) is 9.98 Å². The number of nitrogens with one attached hydrogen (secondary N) is 1. The molecule has 5 nitrogen and oxygen atoms in total. The van der Waals surface area contributed by atoms with E-state index < -0.39 is 0 Å². The van der Waals surface area contributed by atoms with Crippen molar-refractivity contribution in [3.05, 3.63) is 58.7 Å². The summed E-state index contributed by atoms with van der Waals surface area (Å²) in [5.41, 5.74) is 3.66. The molecule has 5 heteroatoms. The summed E-state index contributed by atoms with van der Waals surface area (Å²) in [6, 6.07) is 10.9. The van der Waals surface area contributed by atoms with Gasteiger partial charge in [0.05, 0.1) is 13.1 Å². The average Bonchev–Trinajstić information content (AvgIpc) is 2.59. The van der Waals surface area contributed by atoms with Crippen LogP contribution in [0, 0.1) is 13.8 Å². The lowest BCUT2D eigenvalue weighted by Gasteiger charge is -2.02. The molecule has 0 unspecified atom stereocenters. The molecule has 2 rings (SSSR count). The van der Waals surface area contributed by atoms with E-state index in [9.17, 15) is 10.2 Å². The average molecular weight is 339 g/mol. The van der Waals surface area contributed by atoms with E-state index in [1.165, 1.54) is 0 Å². The van der Waals surface area contributed by atoms with Gasteiger partial charge in [-0.1, -0.05) is 23.3 Å². The van der Waals surface area contributed by atoms with Crippen LogP contribution in [-0.2, 0) is 0 Å². The van der Waals surface area contributed by atoms with Gasteiger partial charge in [-0.3, -0.25) is 9.98 Å². The molecular weight excluding hydrogens is 314 g/mol. The van der Waals surface area contributed by atoms with E-state index >= 15 is 0 Å². The van der Waals surface area contributed by atoms with E-state index in [1.54, 1.807) is 24.6 Å². The standard InChI is InChI=1S/C20H25N3O2/c1-15-3-5-19(24)17(11-15)13-22-9-7-21-8-10-23-14-18-12-16(2)4-6-20(18)25/h3-6,11-14,21,24-25H,7-10H2,1-2H3. The van der Waals surface area contributed by atoms with E-state index in [4.69, 9.17) is 0 Å². The zero-order valence-corrected chi connectivity index (χ0v) is 14.7. The number of aliphatic imine (C=N–C) groups is 2. The number of hydrogen-bond acceptors (Lipinski definition) is 5. The lowest BCUT2D eigenvalue weighted by molar-refractivity contribution is 0.474. The van der Waals surface area contributed by atoms with Gasteiger partial charge in [0.15, 0.2) is 0 Å². The number of phenols is 2. The summed E-state index contributed by atoms with van der Waals surface area (Å²) < 4.78 is 0. The van der Waals surface area contributed by atoms with Gasteiger partial charge in [0.25, 0.3) is 0 Å². The summed E-state index contributed by atoms with van der Waals surface area (Å²) in [5, 5.41) is 22.7. The fraction of sp³-hybridized carbons (Fsp3) is 0.300. The van der Waals surface area contributed by atoms with Crippen LogP contribution in [0.25, 0.3) is 0 Å². The molecule has 0 aliphatic heterocycles. The van der Waals surface area contributed by atoms with Gasteiger partial charge >= 0.3 is 0 Å². The molecule has 2 aromatic rings. The van der Waals surface area contributed by atoms with Gasteiger partial charge in [-0.05, 0) is 38.1 Å². The molecule has 0 bridgehead atoms. The van der Waals surface area contributed by atoms with Crippen LogP contribution < -0.4 is 5.32 Å². The molecule has 0 aliphatic carbocycles. The molecule has 2 aromatic carbocycles. The maximum atomic E-state index is 9.72. The number of aromatic hydroxyl groups is 2. The molecule has 0 radical (unpaired) electrons. The smallest absolute Gasteiger partial charge is 0.124 e. The predicted molar refractivity (Wildman–Crippen MR) is 103 cm³/mol. The van der Waals surface area contributed by atoms with Gasteiger partial charge in [-0.25, -0.2) is 0 Å². The second kappa shape index (κ2) is 9.59. The minimum absolute atomic E-state index is 0.246. The lowest BCUT2D eigenvalue weighted by Crippen LogP contribution is -2.20. The van der Waals surface area contributed by atoms with E-state index in [2.05, 4.69) is 15.3 Å². The predicted octanol–water partition coefficient (Wildman–Crippen LogP) is 2.84. The van der Waals surface area contributed by atoms with Crippen molar-refractivity contribution in [3.8, 4) is 11.5 Å². The minimum Gasteiger partial charge on any atom is -0.507 e. The summed E-state index contributed by atoms with van der Waals surface area (Å²) in [5.74, 6) is 0.493. The minimum atomic E-state index is 0.246. The van der Waals surface area contributed by atoms with Crippen molar-refractivity contribution in [1.29, 1.82) is 0 Å². The first-order valence-corrected chi connectivity index (χ1v) is 8.36. The molecule has 132 valence electrons. The van der Waals surface area contributed by atoms with Crippen LogP contribution in [0.3, 0.4) is 0 Å². The Hall–Kier alpha value is -2.66. The Bertz CT molecular complexity index is 691. The third-order valence-electron chi connectivity index (χ3n) is 3.66. The summed E-state index contributed by atoms with van der Waals surface area (Å²) in [6.45, 7) is 6.72. The van der Waals surface area contributed by atoms with Crippen LogP contribution in [0.15, 0.2) is 46.4 Å². The van der Waals surface area contributed by atoms with Crippen LogP contribution in [0.4, 0.5) is 0 Å². The number of aryl methyl sites for hydroxylation is 2. The zero-order valence-electron chi connectivity index (χ0n) is 14.7. The van der Waals surface area contributed by atoms with Crippen molar-refractivity contribution in [2.75, 3.05) is 26.2 Å². The molecular formula is C20H25N3O2. The van der Waals surface area contributed by atoms with E-state index in [1.807, 2.05) is 38.1 Å². The highest BCUT2D eigenvalue weighted by Crippen LogP contribution is 2.16. The molecule has 25 heavy (non-hydrogen) atoms. The molecule has 0 fully saturated rings. The Morgan fingerprint density at radius 3 is 1.68 bits per heavy atom. The quantitative estimate of drug-likeness (QED) is 0.511. The second-order valence-corrected chi connectivity index (χ2v) is 5.95. The number of phenolic OH excluding ortho intramolecular Hbond substituents is 2. The molecule has 0 heterocycles. The highest BCUT2D eigenvalue weighted by Gasteiger charge is 1.98. The van der Waals surface area contributed by atoms with Crippen LogP contribution in [0.1, 0.15) is 22.3 Å². The lowest BCUT2D eigenvalue weighted by atomic mass is 10.1. The SMILES string of the molecule is Cc1ccc(O)c(C=NCCNCCN=Cc2cc(C)ccc2O)c1. The fourth-order valence-corrected chi connectivity index (χ4v) is 2.29. The Kier molecular flexibility index (Phi) is 7.16. The topological polar surface area (TPSA) is 77.2 Å². The van der Waals surface area contributed by atoms with Gasteiger partial charge in [0.1, 0.15) is 11.5 Å². The van der Waals surface area contributed by atoms with Gasteiger partial charge in [-0.15, -0.1) is 0 Å². The summed E-state index contributed by atoms with van der Waals surface area (Å²) in [4.78, 5) is 8.62. The maximum Gasteiger partial charge on any atom is 0.124 e. The Labute approximate surface area is 148 Å². The second-order valence-electron chi connectivity index (χ2n) is 5.95. The van der Waals surface area contributed by atoms with Crippen molar-refractivity contribution in [1.82, 2.24) is 5.32 Å². The molecule has 0 amide bonds. The van der Waals surface area contributed by atoms with Crippen LogP contribution in [-0.4, -0.2) is 48.8 Å². The first-order chi connectivity index (χ1) is 12.1. The molecule has 0 atom stereocenters. The highest BCUT2D eigenvalue weighted by atomic mass is 16.3. The Morgan fingerprint density at radius 2 is 1.24 bits per heavy atom. The van der Waals surface area contributed by atoms with Gasteiger partial charge < -0.3 is 15.5 Å². The summed E-state index contributed by atoms with van der Waals surface area (Å²) in [6.07, 6.45) is 3.39. The third kappa shape index (κ3) is 6.39. The largest absolute Gasteiger partial charge is 0.507 e. The molecule has 0 aromatic heterocycles. The summed E-state index contributed by atoms with van der Waals surface area (Å²) >= 11 is 0. The van der Waals surface area contributed by atoms with Gasteiger partial charge in [0, 0.05) is 36.6 Å². The van der Waals surface area contributed by atoms with E-state index in [-0.39, 0.29) is 11.5 Å². The molecule has 0 saturated carbocycles. The maximum absolute atomic E-state index is 9.72. The van der Waals surface area contributed by atoms with Crippen molar-refractivity contribution in [3.63, 3.8) is 0 Å². The van der Waals surface area contributed by atoms with Crippen molar-refractivity contribution < 1.29 is 10.2 Å². The first kappa shape index (κ1) is 18.7. The number of benzene rings is 2. The van der Waals surface area contributed by atoms with Gasteiger partial charge in [-0.2, -0.15) is 0 Å². The summed E-state index contributed by atoms with van der Waals surface area (Å²) in [7, 11) is 0. The van der Waals surface area contributed by atoms with E-state index in [0.29, 0.717) is 13.1 Å². The fourth-order valence-electron chi connectivity index (χ4n) is 2.29. The van der Waals surface area contributed by atoms with E-state index in [0.717, 1.165) is 35.3 Å². The van der Waals surface area contributed by atoms with Crippen molar-refractivity contribution in [2.45, 2.75) is 13.8 Å². The highest BCUT2D eigenvalue weighted by molar-refractivity contribution is 5.84. The monoisotopic (exact) mass is 339 g/mol. The Morgan fingerprint density at radius 1 is 0.800 bits per heavy atom. The molecule has 0 spiro atoms. The third-order valence-corrected chi connectivity index (χ3v) is 3.66. The Balaban J connectivity index is 1.65. The van der Waals surface area contributed by atoms with Crippen molar-refractivity contribution >= 4 is 12.4 Å². The number of rotatable bonds is 8. The van der Waals surface area contributed by atoms with Crippen LogP contribution in [0.2, 0.25) is 0 Å².